The molecule has 0 unspecified atom stereocenters. The minimum atomic E-state index is -4.76. The zero-order valence-electron chi connectivity index (χ0n) is 22.3. The number of aryl methyl sites for hydroxylation is 1. The van der Waals surface area contributed by atoms with Crippen molar-refractivity contribution in [2.75, 3.05) is 24.1 Å². The van der Waals surface area contributed by atoms with Crippen LogP contribution < -0.4 is 11.1 Å². The lowest BCUT2D eigenvalue weighted by atomic mass is 9.95. The van der Waals surface area contributed by atoms with Gasteiger partial charge >= 0.3 is 6.18 Å². The Bertz CT molecular complexity index is 1770. The van der Waals surface area contributed by atoms with Crippen LogP contribution in [0.1, 0.15) is 30.3 Å². The van der Waals surface area contributed by atoms with Crippen LogP contribution in [0.3, 0.4) is 0 Å². The van der Waals surface area contributed by atoms with E-state index in [9.17, 15) is 26.9 Å². The number of aromatic nitrogens is 7. The van der Waals surface area contributed by atoms with Crippen LogP contribution in [0.15, 0.2) is 48.1 Å². The molecule has 0 amide bonds. The Morgan fingerprint density at radius 1 is 1.12 bits per heavy atom. The van der Waals surface area contributed by atoms with Gasteiger partial charge in [0.2, 0.25) is 21.9 Å². The summed E-state index contributed by atoms with van der Waals surface area (Å²) in [6, 6.07) is 4.93. The molecule has 5 rings (SSSR count). The van der Waals surface area contributed by atoms with Gasteiger partial charge in [-0.15, -0.1) is 0 Å². The number of halogens is 3. The van der Waals surface area contributed by atoms with E-state index in [1.165, 1.54) is 21.4 Å². The summed E-state index contributed by atoms with van der Waals surface area (Å²) in [5, 5.41) is 12.5. The molecule has 4 aromatic rings. The van der Waals surface area contributed by atoms with E-state index < -0.39 is 27.5 Å². The highest BCUT2D eigenvalue weighted by atomic mass is 32.2. The van der Waals surface area contributed by atoms with Gasteiger partial charge in [-0.05, 0) is 31.4 Å². The van der Waals surface area contributed by atoms with Crippen molar-refractivity contribution in [1.82, 2.24) is 38.8 Å². The Hall–Kier alpha value is -4.69. The Labute approximate surface area is 238 Å². The van der Waals surface area contributed by atoms with E-state index in [0.29, 0.717) is 24.0 Å². The molecule has 0 aromatic carbocycles. The van der Waals surface area contributed by atoms with Crippen LogP contribution in [0.5, 0.6) is 0 Å². The molecule has 2 atom stereocenters. The van der Waals surface area contributed by atoms with Gasteiger partial charge in [0.25, 0.3) is 0 Å². The normalized spacial score (nSPS) is 18.0. The maximum atomic E-state index is 13.9. The molecule has 13 nitrogen and oxygen atoms in total. The maximum Gasteiger partial charge on any atom is 0.420 e. The molecule has 1 fully saturated rings. The number of piperidine rings is 1. The molecule has 4 aromatic heterocycles. The van der Waals surface area contributed by atoms with E-state index in [2.05, 4.69) is 35.2 Å². The Balaban J connectivity index is 1.39. The highest BCUT2D eigenvalue weighted by Gasteiger charge is 2.37. The van der Waals surface area contributed by atoms with Crippen LogP contribution in [0.25, 0.3) is 17.1 Å². The highest BCUT2D eigenvalue weighted by Crippen LogP contribution is 2.36. The van der Waals surface area contributed by atoms with Gasteiger partial charge in [0.1, 0.15) is 34.2 Å². The van der Waals surface area contributed by atoms with E-state index in [0.717, 1.165) is 12.4 Å². The third kappa shape index (κ3) is 5.71. The lowest BCUT2D eigenvalue weighted by molar-refractivity contribution is -0.137. The molecule has 0 radical (unpaired) electrons. The average molecular weight is 600 g/mol. The van der Waals surface area contributed by atoms with Gasteiger partial charge in [-0.2, -0.15) is 22.7 Å². The van der Waals surface area contributed by atoms with E-state index >= 15 is 0 Å². The SMILES string of the molecule is Cc1ccc(-n2cnc(-c3nc(N[C@H]4CCN(S(=O)(=O)c5cnc(N)nc5)C[C@H]4C)ncc3C(F)(F)F)c2)c(C#N)n1. The van der Waals surface area contributed by atoms with Crippen LogP contribution in [0.4, 0.5) is 25.1 Å². The summed E-state index contributed by atoms with van der Waals surface area (Å²) in [4.78, 5) is 23.7. The van der Waals surface area contributed by atoms with Crippen molar-refractivity contribution >= 4 is 21.9 Å². The lowest BCUT2D eigenvalue weighted by Gasteiger charge is -2.36. The number of alkyl halides is 3. The van der Waals surface area contributed by atoms with Gasteiger partial charge in [0.05, 0.1) is 18.1 Å². The number of nitrogens with one attached hydrogen (secondary N) is 1. The molecule has 3 N–H and O–H groups in total. The van der Waals surface area contributed by atoms with Gasteiger partial charge < -0.3 is 15.6 Å². The summed E-state index contributed by atoms with van der Waals surface area (Å²) in [6.45, 7) is 3.80. The lowest BCUT2D eigenvalue weighted by Crippen LogP contribution is -2.47. The first kappa shape index (κ1) is 28.8. The van der Waals surface area contributed by atoms with Gasteiger partial charge in [0.15, 0.2) is 5.69 Å². The summed E-state index contributed by atoms with van der Waals surface area (Å²) >= 11 is 0. The molecule has 17 heteroatoms. The average Bonchev–Trinajstić information content (AvgIpc) is 3.43. The Morgan fingerprint density at radius 2 is 1.86 bits per heavy atom. The van der Waals surface area contributed by atoms with E-state index in [1.807, 2.05) is 13.0 Å². The molecule has 5 heterocycles. The predicted octanol–water partition coefficient (Wildman–Crippen LogP) is 2.81. The number of hydrogen-bond acceptors (Lipinski definition) is 11. The number of nitriles is 1. The van der Waals surface area contributed by atoms with Gasteiger partial charge in [-0.3, -0.25) is 0 Å². The maximum absolute atomic E-state index is 13.9. The molecular weight excluding hydrogens is 575 g/mol. The number of pyridine rings is 1. The molecule has 1 saturated heterocycles. The zero-order chi connectivity index (χ0) is 30.2. The van der Waals surface area contributed by atoms with E-state index in [4.69, 9.17) is 5.73 Å². The Kier molecular flexibility index (Phi) is 7.51. The number of imidazole rings is 1. The Morgan fingerprint density at radius 3 is 2.52 bits per heavy atom. The van der Waals surface area contributed by atoms with Crippen LogP contribution in [0, 0.1) is 24.2 Å². The monoisotopic (exact) mass is 599 g/mol. The minimum absolute atomic E-state index is 0.0491. The number of anilines is 2. The van der Waals surface area contributed by atoms with Gasteiger partial charge in [-0.1, -0.05) is 6.92 Å². The van der Waals surface area contributed by atoms with Gasteiger partial charge in [-0.25, -0.2) is 38.3 Å². The molecule has 1 aliphatic heterocycles. The van der Waals surface area contributed by atoms with Crippen LogP contribution in [-0.4, -0.2) is 66.3 Å². The first-order valence-electron chi connectivity index (χ1n) is 12.6. The largest absolute Gasteiger partial charge is 0.420 e. The second-order valence-electron chi connectivity index (χ2n) is 9.71. The van der Waals surface area contributed by atoms with E-state index in [1.54, 1.807) is 19.1 Å². The van der Waals surface area contributed by atoms with Crippen molar-refractivity contribution in [3.63, 3.8) is 0 Å². The fourth-order valence-corrected chi connectivity index (χ4v) is 6.03. The summed E-state index contributed by atoms with van der Waals surface area (Å²) < 4.78 is 70.5. The van der Waals surface area contributed by atoms with Crippen molar-refractivity contribution in [3.8, 4) is 23.1 Å². The van der Waals surface area contributed by atoms with Crippen molar-refractivity contribution < 1.29 is 21.6 Å². The molecule has 0 bridgehead atoms. The first-order valence-corrected chi connectivity index (χ1v) is 14.0. The summed E-state index contributed by atoms with van der Waals surface area (Å²) in [5.41, 5.74) is 4.88. The third-order valence-corrected chi connectivity index (χ3v) is 8.60. The van der Waals surface area contributed by atoms with Crippen LogP contribution in [-0.2, 0) is 16.2 Å². The number of nitrogen functional groups attached to an aromatic ring is 1. The van der Waals surface area contributed by atoms with Crippen molar-refractivity contribution in [2.45, 2.75) is 37.4 Å². The predicted molar refractivity (Wildman–Crippen MR) is 143 cm³/mol. The van der Waals surface area contributed by atoms with Crippen LogP contribution >= 0.6 is 0 Å². The zero-order valence-corrected chi connectivity index (χ0v) is 23.1. The summed E-state index contributed by atoms with van der Waals surface area (Å²) in [7, 11) is -3.87. The number of nitrogens with two attached hydrogens (primary N) is 1. The molecule has 218 valence electrons. The number of hydrogen-bond donors (Lipinski definition) is 2. The molecule has 0 spiro atoms. The van der Waals surface area contributed by atoms with Crippen molar-refractivity contribution in [1.29, 1.82) is 5.26 Å². The summed E-state index contributed by atoms with van der Waals surface area (Å²) in [6.07, 6.45) is 1.15. The van der Waals surface area contributed by atoms with Crippen LogP contribution in [0.2, 0.25) is 0 Å². The van der Waals surface area contributed by atoms with Crippen molar-refractivity contribution in [3.05, 3.63) is 60.2 Å². The van der Waals surface area contributed by atoms with Gasteiger partial charge in [0, 0.05) is 37.2 Å². The quantitative estimate of drug-likeness (QED) is 0.332. The topological polar surface area (TPSA) is 181 Å². The highest BCUT2D eigenvalue weighted by molar-refractivity contribution is 7.89. The molecule has 0 aliphatic carbocycles. The first-order chi connectivity index (χ1) is 19.9. The molecular formula is C25H24F3N11O2S. The number of nitrogens with zero attached hydrogens (tertiary/aromatic N) is 9. The second kappa shape index (κ2) is 10.9. The van der Waals surface area contributed by atoms with Crippen molar-refractivity contribution in [2.24, 2.45) is 5.92 Å². The standard InChI is InChI=1S/C25H24F3N11O2S/c1-14-11-39(42(40,41)16-8-31-23(30)32-9-16)6-5-18(14)36-24-33-10-17(25(26,27)28)22(37-24)20-12-38(13-34-20)21-4-3-15(2)35-19(21)7-29/h3-4,8-10,12-14,18H,5-6,11H2,1-2H3,(H2,30,31,32)(H,33,36,37)/t14-,18+/m1/s1. The number of sulfonamides is 1. The molecule has 1 aliphatic rings. The fraction of sp³-hybridized carbons (Fsp3) is 0.320. The fourth-order valence-electron chi connectivity index (χ4n) is 4.59. The van der Waals surface area contributed by atoms with E-state index in [-0.39, 0.29) is 53.2 Å². The summed E-state index contributed by atoms with van der Waals surface area (Å²) in [5.74, 6) is -0.371. The number of rotatable bonds is 6. The molecule has 42 heavy (non-hydrogen) atoms. The third-order valence-electron chi connectivity index (χ3n) is 6.79. The minimum Gasteiger partial charge on any atom is -0.368 e. The second-order valence-corrected chi connectivity index (χ2v) is 11.6. The smallest absolute Gasteiger partial charge is 0.368 e. The molecule has 0 saturated carbocycles.